The minimum Gasteiger partial charge on any atom is -0.439 e. The Morgan fingerprint density at radius 3 is 2.71 bits per heavy atom. The van der Waals surface area contributed by atoms with Crippen molar-refractivity contribution in [3.05, 3.63) is 29.3 Å². The van der Waals surface area contributed by atoms with E-state index in [4.69, 9.17) is 4.74 Å². The van der Waals surface area contributed by atoms with Gasteiger partial charge >= 0.3 is 6.09 Å². The number of hydrazone groups is 1. The zero-order valence-electron chi connectivity index (χ0n) is 14.0. The third-order valence-corrected chi connectivity index (χ3v) is 6.08. The lowest BCUT2D eigenvalue weighted by atomic mass is 9.63. The van der Waals surface area contributed by atoms with Crippen molar-refractivity contribution < 1.29 is 9.53 Å². The Hall–Kier alpha value is -2.04. The molecule has 0 bridgehead atoms. The Bertz CT molecular complexity index is 726. The molecule has 5 rings (SSSR count). The summed E-state index contributed by atoms with van der Waals surface area (Å²) < 4.78 is 5.24. The lowest BCUT2D eigenvalue weighted by molar-refractivity contribution is 0.0902. The second-order valence-electron chi connectivity index (χ2n) is 7.91. The van der Waals surface area contributed by atoms with E-state index in [0.717, 1.165) is 11.3 Å². The number of carbonyl (C=O) groups is 1. The standard InChI is InChI=1S/C19H23N3O2/c1-12-17(20-21-18(23)24-12)14-5-6-16(15(9-14)13-3-4-13)22-10-19(11-22)7-2-8-19/h5-6,9,12-13H,2-4,7-8,10-11H2,1H3,(H,21,23)/t12-/m0/s1. The number of ether oxygens (including phenoxy) is 1. The number of nitrogens with zero attached hydrogens (tertiary/aromatic N) is 2. The molecule has 1 amide bonds. The van der Waals surface area contributed by atoms with Gasteiger partial charge in [-0.15, -0.1) is 0 Å². The van der Waals surface area contributed by atoms with Crippen molar-refractivity contribution in [3.8, 4) is 0 Å². The summed E-state index contributed by atoms with van der Waals surface area (Å²) >= 11 is 0. The highest BCUT2D eigenvalue weighted by Crippen LogP contribution is 2.52. The predicted molar refractivity (Wildman–Crippen MR) is 92.5 cm³/mol. The van der Waals surface area contributed by atoms with Gasteiger partial charge in [0.2, 0.25) is 0 Å². The Morgan fingerprint density at radius 2 is 2.08 bits per heavy atom. The third kappa shape index (κ3) is 2.21. The first-order valence-corrected chi connectivity index (χ1v) is 9.07. The molecule has 1 spiro atoms. The number of hydrogen-bond donors (Lipinski definition) is 1. The molecule has 126 valence electrons. The van der Waals surface area contributed by atoms with Crippen LogP contribution in [-0.4, -0.2) is 31.0 Å². The number of amides is 1. The number of rotatable bonds is 3. The number of anilines is 1. The van der Waals surface area contributed by atoms with Gasteiger partial charge in [0.15, 0.2) is 0 Å². The van der Waals surface area contributed by atoms with Gasteiger partial charge in [0.05, 0.1) is 0 Å². The fourth-order valence-corrected chi connectivity index (χ4v) is 4.39. The van der Waals surface area contributed by atoms with E-state index in [-0.39, 0.29) is 6.10 Å². The lowest BCUT2D eigenvalue weighted by Gasteiger charge is -2.57. The van der Waals surface area contributed by atoms with E-state index in [0.29, 0.717) is 11.3 Å². The molecule has 0 aromatic heterocycles. The molecule has 5 nitrogen and oxygen atoms in total. The van der Waals surface area contributed by atoms with Gasteiger partial charge in [-0.2, -0.15) is 5.10 Å². The van der Waals surface area contributed by atoms with E-state index >= 15 is 0 Å². The zero-order valence-corrected chi connectivity index (χ0v) is 14.0. The molecule has 2 saturated carbocycles. The van der Waals surface area contributed by atoms with Crippen molar-refractivity contribution >= 4 is 17.5 Å². The fourth-order valence-electron chi connectivity index (χ4n) is 4.39. The summed E-state index contributed by atoms with van der Waals surface area (Å²) in [5.41, 5.74) is 7.80. The van der Waals surface area contributed by atoms with Crippen LogP contribution in [0.1, 0.15) is 56.1 Å². The van der Waals surface area contributed by atoms with Gasteiger partial charge in [-0.05, 0) is 56.2 Å². The van der Waals surface area contributed by atoms with Crippen molar-refractivity contribution in [2.24, 2.45) is 10.5 Å². The summed E-state index contributed by atoms with van der Waals surface area (Å²) in [5, 5.41) is 4.22. The summed E-state index contributed by atoms with van der Waals surface area (Å²) in [6.45, 7) is 4.32. The molecule has 3 fully saturated rings. The summed E-state index contributed by atoms with van der Waals surface area (Å²) in [5.74, 6) is 0.688. The minimum absolute atomic E-state index is 0.307. The van der Waals surface area contributed by atoms with Gasteiger partial charge in [0, 0.05) is 29.8 Å². The molecule has 24 heavy (non-hydrogen) atoms. The maximum absolute atomic E-state index is 11.3. The Kier molecular flexibility index (Phi) is 2.97. The highest BCUT2D eigenvalue weighted by molar-refractivity contribution is 6.06. The average molecular weight is 325 g/mol. The van der Waals surface area contributed by atoms with Gasteiger partial charge in [0.25, 0.3) is 0 Å². The van der Waals surface area contributed by atoms with Gasteiger partial charge in [-0.3, -0.25) is 0 Å². The number of nitrogens with one attached hydrogen (secondary N) is 1. The lowest BCUT2D eigenvalue weighted by Crippen LogP contribution is -2.60. The van der Waals surface area contributed by atoms with Crippen LogP contribution in [0.15, 0.2) is 23.3 Å². The smallest absolute Gasteiger partial charge is 0.428 e. The molecule has 4 aliphatic rings. The second-order valence-corrected chi connectivity index (χ2v) is 7.91. The highest BCUT2D eigenvalue weighted by atomic mass is 16.6. The van der Waals surface area contributed by atoms with Crippen molar-refractivity contribution in [3.63, 3.8) is 0 Å². The largest absolute Gasteiger partial charge is 0.439 e. The average Bonchev–Trinajstić information content (AvgIpc) is 3.29. The molecule has 1 N–H and O–H groups in total. The monoisotopic (exact) mass is 325 g/mol. The van der Waals surface area contributed by atoms with Gasteiger partial charge in [0.1, 0.15) is 11.8 Å². The number of cyclic esters (lactones) is 1. The van der Waals surface area contributed by atoms with Crippen molar-refractivity contribution in [2.45, 2.75) is 51.0 Å². The normalized spacial score (nSPS) is 27.7. The molecular weight excluding hydrogens is 302 g/mol. The van der Waals surface area contributed by atoms with Crippen LogP contribution < -0.4 is 10.3 Å². The zero-order chi connectivity index (χ0) is 16.3. The number of hydrogen-bond acceptors (Lipinski definition) is 4. The van der Waals surface area contributed by atoms with Gasteiger partial charge in [-0.1, -0.05) is 12.5 Å². The van der Waals surface area contributed by atoms with E-state index < -0.39 is 6.09 Å². The molecule has 2 heterocycles. The van der Waals surface area contributed by atoms with Crippen LogP contribution in [0.3, 0.4) is 0 Å². The van der Waals surface area contributed by atoms with Crippen LogP contribution in [-0.2, 0) is 4.74 Å². The molecular formula is C19H23N3O2. The molecule has 1 saturated heterocycles. The first-order valence-electron chi connectivity index (χ1n) is 9.07. The van der Waals surface area contributed by atoms with E-state index in [1.165, 1.54) is 56.4 Å². The fraction of sp³-hybridized carbons (Fsp3) is 0.579. The maximum atomic E-state index is 11.3. The number of benzene rings is 1. The molecule has 2 aliphatic heterocycles. The first-order chi connectivity index (χ1) is 11.6. The summed E-state index contributed by atoms with van der Waals surface area (Å²) in [4.78, 5) is 13.8. The van der Waals surface area contributed by atoms with Crippen LogP contribution in [0.2, 0.25) is 0 Å². The van der Waals surface area contributed by atoms with Gasteiger partial charge in [-0.25, -0.2) is 10.2 Å². The van der Waals surface area contributed by atoms with Crippen molar-refractivity contribution in [1.29, 1.82) is 0 Å². The molecule has 1 aromatic carbocycles. The minimum atomic E-state index is -0.475. The first kappa shape index (κ1) is 14.3. The second kappa shape index (κ2) is 4.98. The summed E-state index contributed by atoms with van der Waals surface area (Å²) in [6, 6.07) is 6.65. The predicted octanol–water partition coefficient (Wildman–Crippen LogP) is 3.39. The highest BCUT2D eigenvalue weighted by Gasteiger charge is 2.48. The van der Waals surface area contributed by atoms with E-state index in [2.05, 4.69) is 33.6 Å². The van der Waals surface area contributed by atoms with Crippen LogP contribution in [0.25, 0.3) is 0 Å². The van der Waals surface area contributed by atoms with E-state index in [1.807, 2.05) is 6.92 Å². The SMILES string of the molecule is C[C@@H]1OC(=O)NN=C1c1ccc(N2CC3(CCC3)C2)c(C2CC2)c1. The van der Waals surface area contributed by atoms with E-state index in [9.17, 15) is 4.79 Å². The van der Waals surface area contributed by atoms with Crippen LogP contribution in [0, 0.1) is 5.41 Å². The van der Waals surface area contributed by atoms with Crippen molar-refractivity contribution in [2.75, 3.05) is 18.0 Å². The molecule has 1 aromatic rings. The molecule has 5 heteroatoms. The van der Waals surface area contributed by atoms with Crippen LogP contribution >= 0.6 is 0 Å². The summed E-state index contributed by atoms with van der Waals surface area (Å²) in [6.07, 6.45) is 6.01. The van der Waals surface area contributed by atoms with Crippen molar-refractivity contribution in [1.82, 2.24) is 5.43 Å². The van der Waals surface area contributed by atoms with Gasteiger partial charge < -0.3 is 9.64 Å². The van der Waals surface area contributed by atoms with Crippen LogP contribution in [0.5, 0.6) is 0 Å². The molecule has 0 unspecified atom stereocenters. The Morgan fingerprint density at radius 1 is 1.29 bits per heavy atom. The van der Waals surface area contributed by atoms with Crippen LogP contribution in [0.4, 0.5) is 10.5 Å². The third-order valence-electron chi connectivity index (χ3n) is 6.08. The Labute approximate surface area is 142 Å². The Balaban J connectivity index is 1.44. The topological polar surface area (TPSA) is 53.9 Å². The maximum Gasteiger partial charge on any atom is 0.428 e. The molecule has 2 aliphatic carbocycles. The quantitative estimate of drug-likeness (QED) is 0.927. The molecule has 1 atom stereocenters. The number of carbonyl (C=O) groups excluding carboxylic acids is 1. The summed E-state index contributed by atoms with van der Waals surface area (Å²) in [7, 11) is 0. The van der Waals surface area contributed by atoms with E-state index in [1.54, 1.807) is 0 Å². The molecule has 0 radical (unpaired) electrons.